The van der Waals surface area contributed by atoms with Crippen molar-refractivity contribution < 1.29 is 24.4 Å². The molecule has 1 aromatic heterocycles. The topological polar surface area (TPSA) is 106 Å². The molecule has 208 valence electrons. The summed E-state index contributed by atoms with van der Waals surface area (Å²) in [5.41, 5.74) is -0.919. The van der Waals surface area contributed by atoms with Crippen LogP contribution in [-0.4, -0.2) is 58.6 Å². The molecule has 0 radical (unpaired) electrons. The van der Waals surface area contributed by atoms with E-state index in [1.54, 1.807) is 17.7 Å². The van der Waals surface area contributed by atoms with Crippen LogP contribution in [0.25, 0.3) is 0 Å². The summed E-state index contributed by atoms with van der Waals surface area (Å²) in [5.74, 6) is -1.95. The second-order valence-corrected chi connectivity index (χ2v) is 10.2. The van der Waals surface area contributed by atoms with Gasteiger partial charge in [-0.25, -0.2) is 0 Å². The number of methoxy groups -OCH3 is 2. The predicted octanol–water partition coefficient (Wildman–Crippen LogP) is 3.64. The van der Waals surface area contributed by atoms with Crippen molar-refractivity contribution in [3.63, 3.8) is 0 Å². The van der Waals surface area contributed by atoms with Gasteiger partial charge in [0.2, 0.25) is 11.5 Å². The molecule has 0 aliphatic carbocycles. The van der Waals surface area contributed by atoms with Crippen molar-refractivity contribution in [1.29, 1.82) is 0 Å². The van der Waals surface area contributed by atoms with Crippen LogP contribution >= 0.6 is 12.2 Å². The van der Waals surface area contributed by atoms with E-state index in [4.69, 9.17) is 26.4 Å². The maximum absolute atomic E-state index is 12.7. The van der Waals surface area contributed by atoms with Gasteiger partial charge in [-0.3, -0.25) is 14.3 Å². The maximum atomic E-state index is 12.7. The lowest BCUT2D eigenvalue weighted by atomic mass is 9.59. The number of rotatable bonds is 8. The molecule has 1 saturated heterocycles. The predicted molar refractivity (Wildman–Crippen MR) is 153 cm³/mol. The summed E-state index contributed by atoms with van der Waals surface area (Å²) in [5, 5.41) is 22.4. The number of aromatic nitrogens is 2. The Balaban J connectivity index is 2.13. The van der Waals surface area contributed by atoms with Crippen molar-refractivity contribution in [3.8, 4) is 0 Å². The first kappa shape index (κ1) is 28.1. The zero-order valence-electron chi connectivity index (χ0n) is 22.5. The molecule has 3 N–H and O–H groups in total. The monoisotopic (exact) mass is 560 g/mol. The summed E-state index contributed by atoms with van der Waals surface area (Å²) >= 11 is 5.81. The highest BCUT2D eigenvalue weighted by Crippen LogP contribution is 2.62. The van der Waals surface area contributed by atoms with Crippen LogP contribution in [0.1, 0.15) is 22.3 Å². The van der Waals surface area contributed by atoms with E-state index in [-0.39, 0.29) is 10.3 Å². The zero-order valence-corrected chi connectivity index (χ0v) is 23.3. The first-order valence-corrected chi connectivity index (χ1v) is 13.3. The van der Waals surface area contributed by atoms with E-state index < -0.39 is 35.7 Å². The second kappa shape index (κ2) is 10.9. The minimum Gasteiger partial charge on any atom is -0.394 e. The first-order chi connectivity index (χ1) is 19.3. The van der Waals surface area contributed by atoms with Gasteiger partial charge in [0, 0.05) is 26.0 Å². The van der Waals surface area contributed by atoms with Crippen molar-refractivity contribution in [2.24, 2.45) is 0 Å². The van der Waals surface area contributed by atoms with E-state index in [1.165, 1.54) is 14.2 Å². The van der Waals surface area contributed by atoms with E-state index in [1.807, 2.05) is 91.0 Å². The summed E-state index contributed by atoms with van der Waals surface area (Å²) in [4.78, 5) is 15.5. The molecule has 0 spiro atoms. The molecule has 0 bridgehead atoms. The van der Waals surface area contributed by atoms with E-state index in [0.717, 1.165) is 16.7 Å². The molecule has 5 rings (SSSR count). The van der Waals surface area contributed by atoms with E-state index >= 15 is 0 Å². The highest BCUT2D eigenvalue weighted by Gasteiger charge is 2.77. The molecule has 9 heteroatoms. The van der Waals surface area contributed by atoms with Crippen molar-refractivity contribution in [2.45, 2.75) is 36.1 Å². The summed E-state index contributed by atoms with van der Waals surface area (Å²) in [7, 11) is 2.83. The third-order valence-electron chi connectivity index (χ3n) is 7.91. The number of aliphatic hydroxyl groups is 2. The van der Waals surface area contributed by atoms with Gasteiger partial charge in [0.05, 0.1) is 12.0 Å². The van der Waals surface area contributed by atoms with Crippen LogP contribution in [-0.2, 0) is 25.4 Å². The number of aliphatic hydroxyl groups excluding tert-OH is 2. The zero-order chi connectivity index (χ0) is 28.5. The lowest BCUT2D eigenvalue weighted by Crippen LogP contribution is -2.70. The molecule has 1 aliphatic rings. The van der Waals surface area contributed by atoms with E-state index in [0.29, 0.717) is 5.56 Å². The van der Waals surface area contributed by atoms with Crippen LogP contribution < -0.4 is 5.56 Å². The highest BCUT2D eigenvalue weighted by molar-refractivity contribution is 7.71. The van der Waals surface area contributed by atoms with Crippen LogP contribution in [0.2, 0.25) is 0 Å². The number of aryl methyl sites for hydroxylation is 1. The molecule has 1 aliphatic heterocycles. The standard InChI is InChI=1S/C31H32N2O6S/c1-21-19-33(28(40)32-27(21)36)31(30(37-2,38-3)26(35)25(20-34)39-31)29(22-13-7-4-8-14-22,23-15-9-5-10-16-23)24-17-11-6-12-18-24/h4-19,25-26,34-35H,20H2,1-3H3,(H,32,36,40)/t25-,26-,31-/m1/s1. The Morgan fingerprint density at radius 3 is 1.77 bits per heavy atom. The second-order valence-electron chi connectivity index (χ2n) is 9.79. The minimum absolute atomic E-state index is 0.0204. The Labute approximate surface area is 237 Å². The van der Waals surface area contributed by atoms with Gasteiger partial charge in [0.25, 0.3) is 5.56 Å². The first-order valence-electron chi connectivity index (χ1n) is 12.9. The molecule has 8 nitrogen and oxygen atoms in total. The van der Waals surface area contributed by atoms with Crippen LogP contribution in [0.4, 0.5) is 0 Å². The fourth-order valence-electron chi connectivity index (χ4n) is 6.26. The Morgan fingerprint density at radius 1 is 0.925 bits per heavy atom. The highest BCUT2D eigenvalue weighted by atomic mass is 32.1. The van der Waals surface area contributed by atoms with Gasteiger partial charge in [0.15, 0.2) is 4.77 Å². The molecule has 3 aromatic carbocycles. The van der Waals surface area contributed by atoms with Crippen molar-refractivity contribution >= 4 is 12.2 Å². The lowest BCUT2D eigenvalue weighted by Gasteiger charge is -2.55. The van der Waals surface area contributed by atoms with Gasteiger partial charge in [-0.05, 0) is 35.8 Å². The van der Waals surface area contributed by atoms with Gasteiger partial charge in [-0.15, -0.1) is 0 Å². The Kier molecular flexibility index (Phi) is 7.62. The Hall–Kier alpha value is -3.44. The maximum Gasteiger partial charge on any atom is 0.254 e. The number of ether oxygens (including phenoxy) is 3. The van der Waals surface area contributed by atoms with Crippen LogP contribution in [0, 0.1) is 11.7 Å². The van der Waals surface area contributed by atoms with Crippen LogP contribution in [0.5, 0.6) is 0 Å². The molecule has 4 aromatic rings. The molecule has 1 fully saturated rings. The average Bonchev–Trinajstić information content (AvgIpc) is 3.25. The fraction of sp³-hybridized carbons (Fsp3) is 0.290. The number of H-pyrrole nitrogens is 1. The van der Waals surface area contributed by atoms with Gasteiger partial charge in [-0.1, -0.05) is 91.0 Å². The molecule has 0 unspecified atom stereocenters. The third-order valence-corrected chi connectivity index (χ3v) is 8.21. The van der Waals surface area contributed by atoms with Crippen LogP contribution in [0.3, 0.4) is 0 Å². The van der Waals surface area contributed by atoms with Crippen molar-refractivity contribution in [2.75, 3.05) is 20.8 Å². The number of benzene rings is 3. The number of nitrogens with zero attached hydrogens (tertiary/aromatic N) is 1. The van der Waals surface area contributed by atoms with Crippen LogP contribution in [0.15, 0.2) is 102 Å². The summed E-state index contributed by atoms with van der Waals surface area (Å²) < 4.78 is 20.9. The van der Waals surface area contributed by atoms with Crippen molar-refractivity contribution in [1.82, 2.24) is 9.55 Å². The number of aromatic amines is 1. The molecule has 0 saturated carbocycles. The number of nitrogens with one attached hydrogen (secondary N) is 1. The largest absolute Gasteiger partial charge is 0.394 e. The van der Waals surface area contributed by atoms with Gasteiger partial charge in [-0.2, -0.15) is 0 Å². The molecular weight excluding hydrogens is 528 g/mol. The SMILES string of the molecule is COC1(OC)[C@H](O)[C@@H](CO)O[C@]1(n1cc(C)c(=O)[nH]c1=S)C(c1ccccc1)(c1ccccc1)c1ccccc1. The smallest absolute Gasteiger partial charge is 0.254 e. The lowest BCUT2D eigenvalue weighted by molar-refractivity contribution is -0.339. The normalized spacial score (nSPS) is 22.3. The number of hydrogen-bond donors (Lipinski definition) is 3. The summed E-state index contributed by atoms with van der Waals surface area (Å²) in [6.07, 6.45) is -1.04. The van der Waals surface area contributed by atoms with E-state index in [2.05, 4.69) is 4.98 Å². The molecule has 2 heterocycles. The van der Waals surface area contributed by atoms with Gasteiger partial charge in [0.1, 0.15) is 12.2 Å². The molecular formula is C31H32N2O6S. The molecule has 0 amide bonds. The molecule has 40 heavy (non-hydrogen) atoms. The van der Waals surface area contributed by atoms with Gasteiger partial charge >= 0.3 is 0 Å². The minimum atomic E-state index is -1.95. The third kappa shape index (κ3) is 3.77. The fourth-order valence-corrected chi connectivity index (χ4v) is 6.53. The Morgan fingerprint density at radius 2 is 1.38 bits per heavy atom. The quantitative estimate of drug-likeness (QED) is 0.172. The van der Waals surface area contributed by atoms with E-state index in [9.17, 15) is 15.0 Å². The summed E-state index contributed by atoms with van der Waals surface area (Å²) in [6, 6.07) is 29.0. The summed E-state index contributed by atoms with van der Waals surface area (Å²) in [6.45, 7) is 1.12. The van der Waals surface area contributed by atoms with Crippen molar-refractivity contribution in [3.05, 3.63) is 135 Å². The average molecular weight is 561 g/mol. The molecule has 3 atom stereocenters. The Bertz CT molecular complexity index is 1470. The number of hydrogen-bond acceptors (Lipinski definition) is 7. The van der Waals surface area contributed by atoms with Gasteiger partial charge < -0.3 is 24.4 Å².